The second-order valence-electron chi connectivity index (χ2n) is 15.2. The summed E-state index contributed by atoms with van der Waals surface area (Å²) in [5, 5.41) is 0.955. The van der Waals surface area contributed by atoms with Crippen molar-refractivity contribution in [2.45, 2.75) is 85.5 Å². The molecule has 2 saturated heterocycles. The van der Waals surface area contributed by atoms with E-state index in [1.54, 1.807) is 14.2 Å². The molecule has 2 aliphatic heterocycles. The van der Waals surface area contributed by atoms with Crippen LogP contribution >= 0.6 is 46.7 Å². The van der Waals surface area contributed by atoms with E-state index in [1.807, 2.05) is 62.4 Å². The monoisotopic (exact) mass is 1020 g/mol. The van der Waals surface area contributed by atoms with Crippen LogP contribution in [-0.2, 0) is 30.5 Å². The van der Waals surface area contributed by atoms with Crippen molar-refractivity contribution >= 4 is 46.7 Å². The molecule has 0 radical (unpaired) electrons. The quantitative estimate of drug-likeness (QED) is 0.0395. The highest BCUT2D eigenvalue weighted by molar-refractivity contribution is 7.98. The van der Waals surface area contributed by atoms with E-state index >= 15 is 0 Å². The van der Waals surface area contributed by atoms with Gasteiger partial charge in [0, 0.05) is 58.7 Å². The number of aromatic nitrogens is 4. The van der Waals surface area contributed by atoms with Gasteiger partial charge < -0.3 is 37.9 Å². The molecule has 0 bridgehead atoms. The lowest BCUT2D eigenvalue weighted by Crippen LogP contribution is -2.38. The summed E-state index contributed by atoms with van der Waals surface area (Å²) in [7, 11) is 3.22. The number of benzene rings is 4. The lowest BCUT2D eigenvalue weighted by Gasteiger charge is -2.33. The maximum atomic E-state index is 13.9. The zero-order valence-corrected chi connectivity index (χ0v) is 40.2. The summed E-state index contributed by atoms with van der Waals surface area (Å²) in [6.07, 6.45) is -0.934. The lowest BCUT2D eigenvalue weighted by molar-refractivity contribution is -0.233. The van der Waals surface area contributed by atoms with E-state index in [1.165, 1.54) is 36.4 Å². The predicted molar refractivity (Wildman–Crippen MR) is 248 cm³/mol. The minimum absolute atomic E-state index is 0.144. The molecule has 20 heteroatoms. The van der Waals surface area contributed by atoms with Crippen LogP contribution in [0.1, 0.15) is 61.5 Å². The molecule has 2 unspecified atom stereocenters. The Balaban J connectivity index is 0.000000201. The van der Waals surface area contributed by atoms with Gasteiger partial charge in [-0.1, -0.05) is 95.3 Å². The molecule has 0 aliphatic carbocycles. The summed E-state index contributed by atoms with van der Waals surface area (Å²) in [5.74, 6) is -1.23. The molecule has 0 spiro atoms. The number of ether oxygens (including phenoxy) is 8. The Hall–Kier alpha value is -4.92. The standard InChI is InChI=1S/2C24H23ClF2N2O4S/c2*1-14(19-10-11-31-23(33-19)15-6-8-17(30-2)9-7-15)32-21-12-20(25)28-24(29-21)34-13-16-4-3-5-18(26)22(16)27/h2*3-9,12,14,19,23H,10-11,13H2,1-2H3/t14-,19+,23?;14-,19-,23?/m11/s1. The molecule has 2 aliphatic rings. The van der Waals surface area contributed by atoms with E-state index in [0.29, 0.717) is 36.4 Å². The number of nitrogens with zero attached hydrogens (tertiary/aromatic N) is 4. The van der Waals surface area contributed by atoms with Crippen LogP contribution in [0.2, 0.25) is 10.3 Å². The maximum Gasteiger partial charge on any atom is 0.219 e. The summed E-state index contributed by atoms with van der Waals surface area (Å²) in [6, 6.07) is 26.1. The Labute approximate surface area is 409 Å². The van der Waals surface area contributed by atoms with E-state index in [9.17, 15) is 17.6 Å². The average molecular weight is 1020 g/mol. The molecular formula is C48H46Cl2F4N4O8S2. The van der Waals surface area contributed by atoms with Crippen molar-refractivity contribution in [3.8, 4) is 23.3 Å². The molecule has 0 N–H and O–H groups in total. The Bertz CT molecular complexity index is 2420. The van der Waals surface area contributed by atoms with Crippen LogP contribution < -0.4 is 18.9 Å². The van der Waals surface area contributed by atoms with E-state index in [2.05, 4.69) is 19.9 Å². The highest BCUT2D eigenvalue weighted by Crippen LogP contribution is 2.33. The third-order valence-electron chi connectivity index (χ3n) is 10.5. The zero-order chi connectivity index (χ0) is 48.2. The van der Waals surface area contributed by atoms with E-state index in [4.69, 9.17) is 61.1 Å². The van der Waals surface area contributed by atoms with E-state index < -0.39 is 35.8 Å². The molecule has 2 fully saturated rings. The molecular weight excluding hydrogens is 972 g/mol. The van der Waals surface area contributed by atoms with Gasteiger partial charge in [-0.25, -0.2) is 27.5 Å². The summed E-state index contributed by atoms with van der Waals surface area (Å²) in [5.41, 5.74) is 2.19. The number of halogens is 6. The van der Waals surface area contributed by atoms with Crippen LogP contribution in [0.25, 0.3) is 0 Å². The summed E-state index contributed by atoms with van der Waals surface area (Å²) >= 11 is 14.6. The third kappa shape index (κ3) is 14.1. The number of hydrogen-bond donors (Lipinski definition) is 0. The smallest absolute Gasteiger partial charge is 0.219 e. The van der Waals surface area contributed by atoms with Crippen LogP contribution in [0.4, 0.5) is 17.6 Å². The van der Waals surface area contributed by atoms with Crippen molar-refractivity contribution in [3.05, 3.63) is 153 Å². The summed E-state index contributed by atoms with van der Waals surface area (Å²) in [6.45, 7) is 4.79. The molecule has 4 aromatic carbocycles. The molecule has 68 heavy (non-hydrogen) atoms. The summed E-state index contributed by atoms with van der Waals surface area (Å²) < 4.78 is 101. The first-order valence-electron chi connectivity index (χ1n) is 21.2. The molecule has 12 nitrogen and oxygen atoms in total. The summed E-state index contributed by atoms with van der Waals surface area (Å²) in [4.78, 5) is 17.0. The van der Waals surface area contributed by atoms with Crippen molar-refractivity contribution in [1.82, 2.24) is 19.9 Å². The van der Waals surface area contributed by atoms with Crippen LogP contribution in [-0.4, -0.2) is 71.8 Å². The molecule has 2 aromatic heterocycles. The van der Waals surface area contributed by atoms with Gasteiger partial charge in [0.15, 0.2) is 46.2 Å². The first-order valence-corrected chi connectivity index (χ1v) is 23.9. The van der Waals surface area contributed by atoms with Crippen molar-refractivity contribution in [2.24, 2.45) is 0 Å². The van der Waals surface area contributed by atoms with Crippen LogP contribution in [0.3, 0.4) is 0 Å². The van der Waals surface area contributed by atoms with Gasteiger partial charge in [0.1, 0.15) is 34.0 Å². The van der Waals surface area contributed by atoms with Crippen molar-refractivity contribution in [2.75, 3.05) is 27.4 Å². The Morgan fingerprint density at radius 1 is 0.588 bits per heavy atom. The van der Waals surface area contributed by atoms with Crippen molar-refractivity contribution in [1.29, 1.82) is 0 Å². The zero-order valence-electron chi connectivity index (χ0n) is 37.1. The number of thioether (sulfide) groups is 2. The van der Waals surface area contributed by atoms with E-state index in [-0.39, 0.29) is 69.1 Å². The minimum Gasteiger partial charge on any atom is -0.497 e. The largest absolute Gasteiger partial charge is 0.497 e. The molecule has 4 heterocycles. The molecule has 6 aromatic rings. The topological polar surface area (TPSA) is 125 Å². The maximum absolute atomic E-state index is 13.9. The van der Waals surface area contributed by atoms with Crippen LogP contribution in [0.15, 0.2) is 107 Å². The average Bonchev–Trinajstić information content (AvgIpc) is 3.35. The first-order chi connectivity index (χ1) is 32.8. The normalized spacial score (nSPS) is 19.0. The predicted octanol–water partition coefficient (Wildman–Crippen LogP) is 12.0. The van der Waals surface area contributed by atoms with Gasteiger partial charge in [0.05, 0.1) is 39.6 Å². The number of hydrogen-bond acceptors (Lipinski definition) is 14. The fourth-order valence-corrected chi connectivity index (χ4v) is 8.92. The Morgan fingerprint density at radius 3 is 1.37 bits per heavy atom. The molecule has 360 valence electrons. The van der Waals surface area contributed by atoms with E-state index in [0.717, 1.165) is 58.3 Å². The molecule has 0 amide bonds. The second-order valence-corrected chi connectivity index (χ2v) is 17.8. The fraction of sp³-hybridized carbons (Fsp3) is 0.333. The lowest BCUT2D eigenvalue weighted by atomic mass is 10.1. The molecule has 8 rings (SSSR count). The van der Waals surface area contributed by atoms with Crippen LogP contribution in [0, 0.1) is 23.3 Å². The number of methoxy groups -OCH3 is 2. The van der Waals surface area contributed by atoms with Crippen LogP contribution in [0.5, 0.6) is 23.3 Å². The SMILES string of the molecule is COc1ccc(C2OCC[C@@H]([C@@H](C)Oc3cc(Cl)nc(SCc4cccc(F)c4F)n3)O2)cc1.COc1ccc(C2OCC[C@H]([C@@H](C)Oc3cc(Cl)nc(SCc4cccc(F)c4F)n3)O2)cc1. The minimum atomic E-state index is -0.896. The van der Waals surface area contributed by atoms with Crippen molar-refractivity contribution in [3.63, 3.8) is 0 Å². The van der Waals surface area contributed by atoms with Gasteiger partial charge in [0.2, 0.25) is 11.8 Å². The fourth-order valence-electron chi connectivity index (χ4n) is 6.82. The van der Waals surface area contributed by atoms with Gasteiger partial charge in [0.25, 0.3) is 0 Å². The van der Waals surface area contributed by atoms with Crippen molar-refractivity contribution < 1.29 is 55.5 Å². The van der Waals surface area contributed by atoms with Gasteiger partial charge >= 0.3 is 0 Å². The molecule has 0 saturated carbocycles. The second kappa shape index (κ2) is 24.6. The third-order valence-corrected chi connectivity index (χ3v) is 12.6. The van der Waals surface area contributed by atoms with Gasteiger partial charge in [-0.15, -0.1) is 0 Å². The highest BCUT2D eigenvalue weighted by atomic mass is 35.5. The highest BCUT2D eigenvalue weighted by Gasteiger charge is 2.31. The van der Waals surface area contributed by atoms with Gasteiger partial charge in [-0.3, -0.25) is 0 Å². The Kier molecular flexibility index (Phi) is 18.4. The first kappa shape index (κ1) is 50.9. The van der Waals surface area contributed by atoms with Gasteiger partial charge in [-0.2, -0.15) is 9.97 Å². The number of rotatable bonds is 16. The molecule has 6 atom stereocenters. The Morgan fingerprint density at radius 2 is 0.985 bits per heavy atom. The van der Waals surface area contributed by atoms with Gasteiger partial charge in [-0.05, 0) is 50.2 Å².